The molecular formula is C23H31N5O5S. The van der Waals surface area contributed by atoms with Gasteiger partial charge in [0.25, 0.3) is 5.91 Å². The van der Waals surface area contributed by atoms with Crippen molar-refractivity contribution in [2.45, 2.75) is 13.3 Å². The van der Waals surface area contributed by atoms with Gasteiger partial charge in [0.1, 0.15) is 11.4 Å². The van der Waals surface area contributed by atoms with Crippen molar-refractivity contribution in [3.05, 3.63) is 35.3 Å². The van der Waals surface area contributed by atoms with Gasteiger partial charge in [-0.25, -0.2) is 4.98 Å². The van der Waals surface area contributed by atoms with Crippen LogP contribution in [0.2, 0.25) is 0 Å². The summed E-state index contributed by atoms with van der Waals surface area (Å²) in [7, 11) is 3.17. The van der Waals surface area contributed by atoms with E-state index in [1.807, 2.05) is 24.3 Å². The Morgan fingerprint density at radius 1 is 1.12 bits per heavy atom. The summed E-state index contributed by atoms with van der Waals surface area (Å²) in [5, 5.41) is 5.47. The lowest BCUT2D eigenvalue weighted by atomic mass is 10.2. The number of ether oxygens (including phenoxy) is 2. The molecule has 3 rings (SSSR count). The summed E-state index contributed by atoms with van der Waals surface area (Å²) < 4.78 is 10.4. The Kier molecular flexibility index (Phi) is 9.23. The summed E-state index contributed by atoms with van der Waals surface area (Å²) in [6.45, 7) is 4.61. The first kappa shape index (κ1) is 25.4. The second-order valence-electron chi connectivity index (χ2n) is 7.82. The standard InChI is InChI=1S/C23H31N5O5S/c1-17(29)26-9-11-27(12-10-26)21(30)7-8-28(13-14-32-2)22(31)20-16-34-23(25-20)24-18-5-4-6-19(15-18)33-3/h4-6,15-16H,7-14H2,1-3H3,(H,24,25). The molecule has 1 fully saturated rings. The molecule has 1 aliphatic heterocycles. The van der Waals surface area contributed by atoms with Gasteiger partial charge in [-0.15, -0.1) is 11.3 Å². The van der Waals surface area contributed by atoms with Crippen LogP contribution >= 0.6 is 11.3 Å². The van der Waals surface area contributed by atoms with Crippen LogP contribution in [0.1, 0.15) is 23.8 Å². The van der Waals surface area contributed by atoms with Gasteiger partial charge in [0.2, 0.25) is 11.8 Å². The number of carbonyl (C=O) groups excluding carboxylic acids is 3. The van der Waals surface area contributed by atoms with Crippen LogP contribution < -0.4 is 10.1 Å². The Labute approximate surface area is 203 Å². The van der Waals surface area contributed by atoms with Crippen LogP contribution in [0.15, 0.2) is 29.6 Å². The fraction of sp³-hybridized carbons (Fsp3) is 0.478. The van der Waals surface area contributed by atoms with Crippen molar-refractivity contribution in [2.24, 2.45) is 0 Å². The van der Waals surface area contributed by atoms with Crippen molar-refractivity contribution < 1.29 is 23.9 Å². The molecule has 2 heterocycles. The van der Waals surface area contributed by atoms with E-state index < -0.39 is 0 Å². The Morgan fingerprint density at radius 3 is 2.53 bits per heavy atom. The van der Waals surface area contributed by atoms with Crippen LogP contribution in [0.3, 0.4) is 0 Å². The maximum atomic E-state index is 13.1. The van der Waals surface area contributed by atoms with Crippen molar-refractivity contribution >= 4 is 39.9 Å². The molecule has 10 nitrogen and oxygen atoms in total. The topological polar surface area (TPSA) is 104 Å². The van der Waals surface area contributed by atoms with Gasteiger partial charge < -0.3 is 29.5 Å². The van der Waals surface area contributed by atoms with E-state index in [1.54, 1.807) is 34.3 Å². The maximum absolute atomic E-state index is 13.1. The lowest BCUT2D eigenvalue weighted by Gasteiger charge is -2.34. The van der Waals surface area contributed by atoms with Gasteiger partial charge in [-0.1, -0.05) is 6.07 Å². The average Bonchev–Trinajstić information content (AvgIpc) is 3.32. The first-order valence-electron chi connectivity index (χ1n) is 11.1. The molecule has 0 unspecified atom stereocenters. The number of carbonyl (C=O) groups is 3. The van der Waals surface area contributed by atoms with E-state index in [0.717, 1.165) is 11.4 Å². The largest absolute Gasteiger partial charge is 0.497 e. The normalized spacial score (nSPS) is 13.5. The summed E-state index contributed by atoms with van der Waals surface area (Å²) >= 11 is 1.33. The summed E-state index contributed by atoms with van der Waals surface area (Å²) in [6, 6.07) is 7.44. The fourth-order valence-corrected chi connectivity index (χ4v) is 4.30. The van der Waals surface area contributed by atoms with Crippen LogP contribution in [0.5, 0.6) is 5.75 Å². The molecule has 1 saturated heterocycles. The van der Waals surface area contributed by atoms with E-state index in [-0.39, 0.29) is 30.7 Å². The van der Waals surface area contributed by atoms with Crippen molar-refractivity contribution in [2.75, 3.05) is 65.4 Å². The SMILES string of the molecule is COCCN(CCC(=O)N1CCN(C(C)=O)CC1)C(=O)c1csc(Nc2cccc(OC)c2)n1. The number of thiazole rings is 1. The molecule has 0 radical (unpaired) electrons. The number of aromatic nitrogens is 1. The molecule has 0 bridgehead atoms. The number of rotatable bonds is 10. The maximum Gasteiger partial charge on any atom is 0.273 e. The lowest BCUT2D eigenvalue weighted by molar-refractivity contribution is -0.138. The predicted molar refractivity (Wildman–Crippen MR) is 130 cm³/mol. The summed E-state index contributed by atoms with van der Waals surface area (Å²) in [5.74, 6) is 0.459. The minimum absolute atomic E-state index is 0.0203. The predicted octanol–water partition coefficient (Wildman–Crippen LogP) is 2.06. The van der Waals surface area contributed by atoms with E-state index >= 15 is 0 Å². The van der Waals surface area contributed by atoms with E-state index in [4.69, 9.17) is 9.47 Å². The Morgan fingerprint density at radius 2 is 1.85 bits per heavy atom. The fourth-order valence-electron chi connectivity index (χ4n) is 3.59. The number of benzene rings is 1. The van der Waals surface area contributed by atoms with Crippen LogP contribution in [-0.2, 0) is 14.3 Å². The summed E-state index contributed by atoms with van der Waals surface area (Å²) in [5.41, 5.74) is 1.12. The smallest absolute Gasteiger partial charge is 0.273 e. The van der Waals surface area contributed by atoms with Crippen LogP contribution in [-0.4, -0.2) is 97.5 Å². The highest BCUT2D eigenvalue weighted by molar-refractivity contribution is 7.14. The lowest BCUT2D eigenvalue weighted by Crippen LogP contribution is -2.50. The number of nitrogens with one attached hydrogen (secondary N) is 1. The van der Waals surface area contributed by atoms with Gasteiger partial charge in [-0.2, -0.15) is 0 Å². The number of amides is 3. The van der Waals surface area contributed by atoms with Crippen molar-refractivity contribution in [1.29, 1.82) is 0 Å². The Bertz CT molecular complexity index is 990. The number of hydrogen-bond acceptors (Lipinski definition) is 8. The highest BCUT2D eigenvalue weighted by atomic mass is 32.1. The van der Waals surface area contributed by atoms with Gasteiger partial charge in [0, 0.05) is 76.9 Å². The third kappa shape index (κ3) is 6.91. The molecule has 11 heteroatoms. The molecule has 1 aromatic carbocycles. The summed E-state index contributed by atoms with van der Waals surface area (Å²) in [4.78, 5) is 46.8. The second-order valence-corrected chi connectivity index (χ2v) is 8.67. The zero-order valence-electron chi connectivity index (χ0n) is 19.8. The summed E-state index contributed by atoms with van der Waals surface area (Å²) in [6.07, 6.45) is 0.203. The quantitative estimate of drug-likeness (QED) is 0.545. The van der Waals surface area contributed by atoms with Crippen molar-refractivity contribution in [3.8, 4) is 5.75 Å². The molecule has 0 saturated carbocycles. The van der Waals surface area contributed by atoms with E-state index in [0.29, 0.717) is 50.2 Å². The molecular weight excluding hydrogens is 458 g/mol. The molecule has 0 spiro atoms. The van der Waals surface area contributed by atoms with E-state index in [2.05, 4.69) is 10.3 Å². The third-order valence-electron chi connectivity index (χ3n) is 5.57. The van der Waals surface area contributed by atoms with Gasteiger partial charge in [0.15, 0.2) is 5.13 Å². The molecule has 34 heavy (non-hydrogen) atoms. The molecule has 0 atom stereocenters. The third-order valence-corrected chi connectivity index (χ3v) is 6.33. The van der Waals surface area contributed by atoms with Crippen molar-refractivity contribution in [3.63, 3.8) is 0 Å². The Balaban J connectivity index is 1.58. The number of methoxy groups -OCH3 is 2. The number of piperazine rings is 1. The second kappa shape index (κ2) is 12.3. The van der Waals surface area contributed by atoms with Crippen molar-refractivity contribution in [1.82, 2.24) is 19.7 Å². The Hall–Kier alpha value is -3.18. The molecule has 2 aromatic rings. The molecule has 184 valence electrons. The van der Waals surface area contributed by atoms with E-state index in [9.17, 15) is 14.4 Å². The van der Waals surface area contributed by atoms with Crippen LogP contribution in [0.4, 0.5) is 10.8 Å². The number of anilines is 2. The zero-order chi connectivity index (χ0) is 24.5. The minimum Gasteiger partial charge on any atom is -0.497 e. The number of nitrogens with zero attached hydrogens (tertiary/aromatic N) is 4. The van der Waals surface area contributed by atoms with Gasteiger partial charge in [-0.3, -0.25) is 14.4 Å². The first-order chi connectivity index (χ1) is 16.4. The van der Waals surface area contributed by atoms with Crippen LogP contribution in [0, 0.1) is 0 Å². The minimum atomic E-state index is -0.249. The highest BCUT2D eigenvalue weighted by Crippen LogP contribution is 2.24. The monoisotopic (exact) mass is 489 g/mol. The molecule has 3 amide bonds. The van der Waals surface area contributed by atoms with E-state index in [1.165, 1.54) is 18.3 Å². The molecule has 1 aromatic heterocycles. The van der Waals surface area contributed by atoms with Crippen LogP contribution in [0.25, 0.3) is 0 Å². The first-order valence-corrected chi connectivity index (χ1v) is 12.0. The molecule has 0 aliphatic carbocycles. The average molecular weight is 490 g/mol. The van der Waals surface area contributed by atoms with Gasteiger partial charge in [-0.05, 0) is 12.1 Å². The van der Waals surface area contributed by atoms with Gasteiger partial charge >= 0.3 is 0 Å². The molecule has 1 N–H and O–H groups in total. The van der Waals surface area contributed by atoms with Gasteiger partial charge in [0.05, 0.1) is 13.7 Å². The number of hydrogen-bond donors (Lipinski definition) is 1. The zero-order valence-corrected chi connectivity index (χ0v) is 20.6. The highest BCUT2D eigenvalue weighted by Gasteiger charge is 2.24. The molecule has 1 aliphatic rings.